The van der Waals surface area contributed by atoms with Crippen LogP contribution in [0, 0.1) is 11.8 Å². The summed E-state index contributed by atoms with van der Waals surface area (Å²) in [5.74, 6) is 0.639. The molecule has 150 valence electrons. The molecule has 0 aromatic heterocycles. The van der Waals surface area contributed by atoms with Crippen LogP contribution >= 0.6 is 11.6 Å². The van der Waals surface area contributed by atoms with Crippen LogP contribution in [0.3, 0.4) is 0 Å². The van der Waals surface area contributed by atoms with Crippen molar-refractivity contribution in [1.82, 2.24) is 4.90 Å². The molecule has 0 atom stereocenters. The Labute approximate surface area is 172 Å². The predicted molar refractivity (Wildman–Crippen MR) is 116 cm³/mol. The first-order valence-electron chi connectivity index (χ1n) is 9.67. The van der Waals surface area contributed by atoms with Crippen molar-refractivity contribution in [3.05, 3.63) is 64.7 Å². The predicted octanol–water partition coefficient (Wildman–Crippen LogP) is 5.12. The average Bonchev–Trinajstić information content (AvgIpc) is 2.62. The molecule has 0 aliphatic heterocycles. The molecule has 0 spiro atoms. The number of hydrogen-bond acceptors (Lipinski definition) is 3. The standard InChI is InChI=1S/C23H29ClN2O2/c1-16(2)13-26(14-17(3)4)15-22(27)25-21-11-10-19(24)12-20(21)23(28)18-8-6-5-7-9-18/h5-12,16-17H,13-15H2,1-4H3,(H,25,27). The van der Waals surface area contributed by atoms with Crippen molar-refractivity contribution in [2.24, 2.45) is 11.8 Å². The number of carbonyl (C=O) groups excluding carboxylic acids is 2. The van der Waals surface area contributed by atoms with Gasteiger partial charge >= 0.3 is 0 Å². The summed E-state index contributed by atoms with van der Waals surface area (Å²) in [6.45, 7) is 10.5. The van der Waals surface area contributed by atoms with E-state index in [9.17, 15) is 9.59 Å². The fraction of sp³-hybridized carbons (Fsp3) is 0.391. The van der Waals surface area contributed by atoms with E-state index in [4.69, 9.17) is 11.6 Å². The number of hydrogen-bond donors (Lipinski definition) is 1. The molecule has 0 fully saturated rings. The van der Waals surface area contributed by atoms with Gasteiger partial charge in [-0.2, -0.15) is 0 Å². The second-order valence-electron chi connectivity index (χ2n) is 7.92. The molecule has 0 radical (unpaired) electrons. The summed E-state index contributed by atoms with van der Waals surface area (Å²) >= 11 is 6.11. The number of nitrogens with one attached hydrogen (secondary N) is 1. The molecule has 28 heavy (non-hydrogen) atoms. The summed E-state index contributed by atoms with van der Waals surface area (Å²) < 4.78 is 0. The SMILES string of the molecule is CC(C)CN(CC(=O)Nc1ccc(Cl)cc1C(=O)c1ccccc1)CC(C)C. The van der Waals surface area contributed by atoms with E-state index in [2.05, 4.69) is 37.9 Å². The maximum absolute atomic E-state index is 12.9. The monoisotopic (exact) mass is 400 g/mol. The number of ketones is 1. The van der Waals surface area contributed by atoms with Gasteiger partial charge in [-0.1, -0.05) is 69.6 Å². The van der Waals surface area contributed by atoms with Crippen molar-refractivity contribution >= 4 is 29.0 Å². The van der Waals surface area contributed by atoms with Crippen molar-refractivity contribution < 1.29 is 9.59 Å². The number of benzene rings is 2. The normalized spacial score (nSPS) is 11.3. The first-order chi connectivity index (χ1) is 13.3. The van der Waals surface area contributed by atoms with Crippen LogP contribution in [-0.4, -0.2) is 36.2 Å². The Balaban J connectivity index is 2.19. The van der Waals surface area contributed by atoms with Gasteiger partial charge < -0.3 is 5.32 Å². The highest BCUT2D eigenvalue weighted by Gasteiger charge is 2.18. The molecule has 0 heterocycles. The van der Waals surface area contributed by atoms with Crippen molar-refractivity contribution in [2.75, 3.05) is 25.0 Å². The summed E-state index contributed by atoms with van der Waals surface area (Å²) in [4.78, 5) is 27.7. The molecule has 2 aromatic carbocycles. The van der Waals surface area contributed by atoms with Crippen LogP contribution < -0.4 is 5.32 Å². The largest absolute Gasteiger partial charge is 0.324 e. The van der Waals surface area contributed by atoms with E-state index < -0.39 is 0 Å². The lowest BCUT2D eigenvalue weighted by Crippen LogP contribution is -2.38. The maximum Gasteiger partial charge on any atom is 0.238 e. The van der Waals surface area contributed by atoms with Gasteiger partial charge in [0, 0.05) is 29.2 Å². The van der Waals surface area contributed by atoms with Gasteiger partial charge in [0.15, 0.2) is 5.78 Å². The quantitative estimate of drug-likeness (QED) is 0.594. The van der Waals surface area contributed by atoms with Gasteiger partial charge in [0.1, 0.15) is 0 Å². The molecule has 5 heteroatoms. The molecule has 1 amide bonds. The van der Waals surface area contributed by atoms with E-state index in [1.54, 1.807) is 30.3 Å². The first kappa shape index (κ1) is 22.1. The zero-order chi connectivity index (χ0) is 20.7. The minimum Gasteiger partial charge on any atom is -0.324 e. The summed E-state index contributed by atoms with van der Waals surface area (Å²) in [7, 11) is 0. The highest BCUT2D eigenvalue weighted by molar-refractivity contribution is 6.31. The second-order valence-corrected chi connectivity index (χ2v) is 8.35. The Hall–Kier alpha value is -2.17. The van der Waals surface area contributed by atoms with Gasteiger partial charge in [-0.15, -0.1) is 0 Å². The summed E-state index contributed by atoms with van der Waals surface area (Å²) in [6.07, 6.45) is 0. The van der Waals surface area contributed by atoms with Gasteiger partial charge in [-0.05, 0) is 30.0 Å². The molecule has 4 nitrogen and oxygen atoms in total. The van der Waals surface area contributed by atoms with E-state index in [-0.39, 0.29) is 18.2 Å². The van der Waals surface area contributed by atoms with Crippen LogP contribution in [0.25, 0.3) is 0 Å². The number of rotatable bonds is 9. The minimum absolute atomic E-state index is 0.134. The first-order valence-corrected chi connectivity index (χ1v) is 10.1. The van der Waals surface area contributed by atoms with E-state index in [0.29, 0.717) is 33.7 Å². The number of nitrogens with zero attached hydrogens (tertiary/aromatic N) is 1. The Bertz CT molecular complexity index is 794. The lowest BCUT2D eigenvalue weighted by atomic mass is 10.0. The van der Waals surface area contributed by atoms with E-state index in [1.807, 2.05) is 18.2 Å². The van der Waals surface area contributed by atoms with Gasteiger partial charge in [-0.25, -0.2) is 0 Å². The maximum atomic E-state index is 12.9. The Kier molecular flexibility index (Phi) is 8.21. The molecule has 0 bridgehead atoms. The third-order valence-corrected chi connectivity index (χ3v) is 4.39. The molecule has 0 unspecified atom stereocenters. The molecule has 1 N–H and O–H groups in total. The second kappa shape index (κ2) is 10.4. The topological polar surface area (TPSA) is 49.4 Å². The highest BCUT2D eigenvalue weighted by atomic mass is 35.5. The van der Waals surface area contributed by atoms with E-state index in [1.165, 1.54) is 0 Å². The zero-order valence-electron chi connectivity index (χ0n) is 17.0. The Morgan fingerprint density at radius 2 is 1.57 bits per heavy atom. The lowest BCUT2D eigenvalue weighted by Gasteiger charge is -2.25. The summed E-state index contributed by atoms with van der Waals surface area (Å²) in [5, 5.41) is 3.36. The smallest absolute Gasteiger partial charge is 0.238 e. The van der Waals surface area contributed by atoms with Gasteiger partial charge in [-0.3, -0.25) is 14.5 Å². The van der Waals surface area contributed by atoms with E-state index >= 15 is 0 Å². The van der Waals surface area contributed by atoms with Crippen LogP contribution in [0.5, 0.6) is 0 Å². The average molecular weight is 401 g/mol. The number of amides is 1. The highest BCUT2D eigenvalue weighted by Crippen LogP contribution is 2.24. The molecular weight excluding hydrogens is 372 g/mol. The van der Waals surface area contributed by atoms with Crippen LogP contribution in [0.2, 0.25) is 5.02 Å². The molecule has 0 saturated carbocycles. The molecule has 2 aromatic rings. The number of halogens is 1. The zero-order valence-corrected chi connectivity index (χ0v) is 17.8. The van der Waals surface area contributed by atoms with Crippen molar-refractivity contribution in [3.8, 4) is 0 Å². The molecule has 2 rings (SSSR count). The van der Waals surface area contributed by atoms with Gasteiger partial charge in [0.05, 0.1) is 12.2 Å². The van der Waals surface area contributed by atoms with Crippen molar-refractivity contribution in [2.45, 2.75) is 27.7 Å². The minimum atomic E-state index is -0.167. The fourth-order valence-corrected chi connectivity index (χ4v) is 3.36. The lowest BCUT2D eigenvalue weighted by molar-refractivity contribution is -0.117. The molecule has 0 saturated heterocycles. The van der Waals surface area contributed by atoms with Crippen LogP contribution in [0.4, 0.5) is 5.69 Å². The Morgan fingerprint density at radius 3 is 2.14 bits per heavy atom. The third-order valence-electron chi connectivity index (χ3n) is 4.15. The molecule has 0 aliphatic rings. The van der Waals surface area contributed by atoms with Gasteiger partial charge in [0.25, 0.3) is 0 Å². The van der Waals surface area contributed by atoms with E-state index in [0.717, 1.165) is 13.1 Å². The van der Waals surface area contributed by atoms with Crippen molar-refractivity contribution in [3.63, 3.8) is 0 Å². The number of anilines is 1. The van der Waals surface area contributed by atoms with Crippen LogP contribution in [0.15, 0.2) is 48.5 Å². The summed E-state index contributed by atoms with van der Waals surface area (Å²) in [5.41, 5.74) is 1.44. The van der Waals surface area contributed by atoms with Crippen molar-refractivity contribution in [1.29, 1.82) is 0 Å². The summed E-state index contributed by atoms with van der Waals surface area (Å²) in [6, 6.07) is 14.0. The van der Waals surface area contributed by atoms with Gasteiger partial charge in [0.2, 0.25) is 5.91 Å². The molecule has 0 aliphatic carbocycles. The third kappa shape index (κ3) is 6.77. The molecular formula is C23H29ClN2O2. The van der Waals surface area contributed by atoms with Crippen LogP contribution in [0.1, 0.15) is 43.6 Å². The Morgan fingerprint density at radius 1 is 0.964 bits per heavy atom. The number of carbonyl (C=O) groups is 2. The van der Waals surface area contributed by atoms with Crippen LogP contribution in [-0.2, 0) is 4.79 Å². The fourth-order valence-electron chi connectivity index (χ4n) is 3.19.